The molecule has 0 aliphatic heterocycles. The van der Waals surface area contributed by atoms with E-state index in [9.17, 15) is 9.59 Å². The van der Waals surface area contributed by atoms with Crippen LogP contribution in [-0.4, -0.2) is 35.7 Å². The molecule has 0 bridgehead atoms. The van der Waals surface area contributed by atoms with Crippen LogP contribution in [0.4, 0.5) is 0 Å². The van der Waals surface area contributed by atoms with Crippen LogP contribution < -0.4 is 5.32 Å². The molecule has 2 N–H and O–H groups in total. The molecule has 1 amide bonds. The minimum atomic E-state index is -0.999. The van der Waals surface area contributed by atoms with Gasteiger partial charge in [-0.2, -0.15) is 0 Å². The molecule has 2 unspecified atom stereocenters. The summed E-state index contributed by atoms with van der Waals surface area (Å²) in [5.41, 5.74) is 0.0473. The van der Waals surface area contributed by atoms with Gasteiger partial charge < -0.3 is 15.2 Å². The minimum absolute atomic E-state index is 0.00334. The molecular formula is C14H27NO4. The van der Waals surface area contributed by atoms with Crippen molar-refractivity contribution in [1.29, 1.82) is 0 Å². The zero-order chi connectivity index (χ0) is 15.1. The fraction of sp³-hybridized carbons (Fsp3) is 0.857. The Labute approximate surface area is 115 Å². The van der Waals surface area contributed by atoms with Crippen LogP contribution in [0.2, 0.25) is 0 Å². The lowest BCUT2D eigenvalue weighted by molar-refractivity contribution is -0.143. The van der Waals surface area contributed by atoms with Gasteiger partial charge in [0.15, 0.2) is 0 Å². The lowest BCUT2D eigenvalue weighted by Crippen LogP contribution is -2.43. The second kappa shape index (κ2) is 8.15. The van der Waals surface area contributed by atoms with Crippen molar-refractivity contribution >= 4 is 11.9 Å². The number of carbonyl (C=O) groups is 2. The molecular weight excluding hydrogens is 246 g/mol. The first kappa shape index (κ1) is 17.9. The van der Waals surface area contributed by atoms with Crippen LogP contribution in [0.15, 0.2) is 0 Å². The first-order valence-corrected chi connectivity index (χ1v) is 6.79. The number of carbonyl (C=O) groups excluding carboxylic acids is 1. The maximum absolute atomic E-state index is 11.6. The lowest BCUT2D eigenvalue weighted by atomic mass is 9.88. The monoisotopic (exact) mass is 273 g/mol. The van der Waals surface area contributed by atoms with Crippen LogP contribution >= 0.6 is 0 Å². The van der Waals surface area contributed by atoms with E-state index in [4.69, 9.17) is 9.84 Å². The number of carboxylic acid groups (broad SMARTS) is 1. The van der Waals surface area contributed by atoms with Gasteiger partial charge in [-0.25, -0.2) is 4.79 Å². The number of hydrogen-bond acceptors (Lipinski definition) is 3. The fourth-order valence-electron chi connectivity index (χ4n) is 1.41. The molecule has 2 atom stereocenters. The normalized spacial score (nSPS) is 14.8. The van der Waals surface area contributed by atoms with Gasteiger partial charge in [-0.3, -0.25) is 4.79 Å². The van der Waals surface area contributed by atoms with Gasteiger partial charge in [0, 0.05) is 0 Å². The number of amides is 1. The van der Waals surface area contributed by atoms with Crippen molar-refractivity contribution in [2.24, 2.45) is 5.41 Å². The molecule has 0 spiro atoms. The predicted molar refractivity (Wildman–Crippen MR) is 74.0 cm³/mol. The van der Waals surface area contributed by atoms with Crippen molar-refractivity contribution < 1.29 is 19.4 Å². The van der Waals surface area contributed by atoms with E-state index in [1.165, 1.54) is 0 Å². The van der Waals surface area contributed by atoms with Crippen LogP contribution in [0, 0.1) is 5.41 Å². The topological polar surface area (TPSA) is 75.6 Å². The minimum Gasteiger partial charge on any atom is -0.480 e. The van der Waals surface area contributed by atoms with Crippen LogP contribution in [0.1, 0.15) is 53.9 Å². The third-order valence-corrected chi connectivity index (χ3v) is 2.89. The highest BCUT2D eigenvalue weighted by molar-refractivity contribution is 5.84. The third-order valence-electron chi connectivity index (χ3n) is 2.89. The molecule has 0 saturated carbocycles. The van der Waals surface area contributed by atoms with Gasteiger partial charge >= 0.3 is 5.97 Å². The summed E-state index contributed by atoms with van der Waals surface area (Å²) in [5, 5.41) is 11.6. The van der Waals surface area contributed by atoms with Gasteiger partial charge in [0.1, 0.15) is 12.6 Å². The average molecular weight is 273 g/mol. The van der Waals surface area contributed by atoms with E-state index >= 15 is 0 Å². The molecule has 0 aliphatic carbocycles. The largest absolute Gasteiger partial charge is 0.480 e. The first-order chi connectivity index (χ1) is 8.65. The van der Waals surface area contributed by atoms with Crippen molar-refractivity contribution in [3.63, 3.8) is 0 Å². The molecule has 0 radical (unpaired) electrons. The van der Waals surface area contributed by atoms with Crippen molar-refractivity contribution in [3.8, 4) is 0 Å². The Morgan fingerprint density at radius 1 is 1.32 bits per heavy atom. The smallest absolute Gasteiger partial charge is 0.326 e. The standard InChI is InChI=1S/C14H27NO4/c1-6-10(2)19-9-12(16)15-11(13(17)18)7-8-14(3,4)5/h10-11H,6-9H2,1-5H3,(H,15,16)(H,17,18). The van der Waals surface area contributed by atoms with Gasteiger partial charge in [-0.05, 0) is 31.6 Å². The van der Waals surface area contributed by atoms with E-state index in [1.807, 2.05) is 34.6 Å². The van der Waals surface area contributed by atoms with Gasteiger partial charge in [-0.15, -0.1) is 0 Å². The second-order valence-electron chi connectivity index (χ2n) is 6.09. The molecule has 0 fully saturated rings. The molecule has 0 rings (SSSR count). The van der Waals surface area contributed by atoms with Crippen LogP contribution in [0.25, 0.3) is 0 Å². The molecule has 0 heterocycles. The van der Waals surface area contributed by atoms with E-state index in [2.05, 4.69) is 5.32 Å². The van der Waals surface area contributed by atoms with Crippen molar-refractivity contribution in [2.45, 2.75) is 66.0 Å². The lowest BCUT2D eigenvalue weighted by Gasteiger charge is -2.21. The summed E-state index contributed by atoms with van der Waals surface area (Å²) in [6, 6.07) is -0.841. The summed E-state index contributed by atoms with van der Waals surface area (Å²) >= 11 is 0. The van der Waals surface area contributed by atoms with Crippen LogP contribution in [0.3, 0.4) is 0 Å². The van der Waals surface area contributed by atoms with E-state index in [-0.39, 0.29) is 24.0 Å². The molecule has 0 aromatic carbocycles. The van der Waals surface area contributed by atoms with Gasteiger partial charge in [0.25, 0.3) is 0 Å². The molecule has 112 valence electrons. The van der Waals surface area contributed by atoms with Crippen molar-refractivity contribution in [1.82, 2.24) is 5.32 Å². The zero-order valence-corrected chi connectivity index (χ0v) is 12.7. The van der Waals surface area contributed by atoms with Crippen LogP contribution in [-0.2, 0) is 14.3 Å². The molecule has 19 heavy (non-hydrogen) atoms. The van der Waals surface area contributed by atoms with Crippen molar-refractivity contribution in [3.05, 3.63) is 0 Å². The van der Waals surface area contributed by atoms with Crippen molar-refractivity contribution in [2.75, 3.05) is 6.61 Å². The maximum Gasteiger partial charge on any atom is 0.326 e. The molecule has 0 aliphatic rings. The fourth-order valence-corrected chi connectivity index (χ4v) is 1.41. The molecule has 0 saturated heterocycles. The predicted octanol–water partition coefficient (Wildman–Crippen LogP) is 2.20. The number of nitrogens with one attached hydrogen (secondary N) is 1. The number of hydrogen-bond donors (Lipinski definition) is 2. The molecule has 5 heteroatoms. The third kappa shape index (κ3) is 9.47. The van der Waals surface area contributed by atoms with Gasteiger partial charge in [-0.1, -0.05) is 27.7 Å². The summed E-state index contributed by atoms with van der Waals surface area (Å²) in [6.07, 6.45) is 1.98. The zero-order valence-electron chi connectivity index (χ0n) is 12.7. The number of ether oxygens (including phenoxy) is 1. The number of rotatable bonds is 8. The van der Waals surface area contributed by atoms with E-state index in [0.29, 0.717) is 6.42 Å². The van der Waals surface area contributed by atoms with Gasteiger partial charge in [0.2, 0.25) is 5.91 Å². The average Bonchev–Trinajstić information content (AvgIpc) is 2.29. The SMILES string of the molecule is CCC(C)OCC(=O)NC(CCC(C)(C)C)C(=O)O. The quantitative estimate of drug-likeness (QED) is 0.711. The second-order valence-corrected chi connectivity index (χ2v) is 6.09. The molecule has 5 nitrogen and oxygen atoms in total. The Balaban J connectivity index is 4.20. The molecule has 0 aromatic heterocycles. The Kier molecular flexibility index (Phi) is 7.68. The summed E-state index contributed by atoms with van der Waals surface area (Å²) in [5.74, 6) is -1.37. The summed E-state index contributed by atoms with van der Waals surface area (Å²) < 4.78 is 5.27. The summed E-state index contributed by atoms with van der Waals surface area (Å²) in [6.45, 7) is 9.88. The van der Waals surface area contributed by atoms with Gasteiger partial charge in [0.05, 0.1) is 6.10 Å². The Morgan fingerprint density at radius 3 is 2.32 bits per heavy atom. The summed E-state index contributed by atoms with van der Waals surface area (Å²) in [7, 11) is 0. The molecule has 0 aromatic rings. The highest BCUT2D eigenvalue weighted by atomic mass is 16.5. The van der Waals surface area contributed by atoms with E-state index in [1.54, 1.807) is 0 Å². The van der Waals surface area contributed by atoms with E-state index < -0.39 is 12.0 Å². The Morgan fingerprint density at radius 2 is 1.89 bits per heavy atom. The highest BCUT2D eigenvalue weighted by Crippen LogP contribution is 2.21. The highest BCUT2D eigenvalue weighted by Gasteiger charge is 2.22. The maximum atomic E-state index is 11.6. The summed E-state index contributed by atoms with van der Waals surface area (Å²) in [4.78, 5) is 22.7. The first-order valence-electron chi connectivity index (χ1n) is 6.79. The number of carboxylic acids is 1. The number of aliphatic carboxylic acids is 1. The Hall–Kier alpha value is -1.10. The Bertz CT molecular complexity index is 296. The van der Waals surface area contributed by atoms with E-state index in [0.717, 1.165) is 12.8 Å². The van der Waals surface area contributed by atoms with Crippen LogP contribution in [0.5, 0.6) is 0 Å².